The maximum atomic E-state index is 11.3. The molecule has 1 amide bonds. The van der Waals surface area contributed by atoms with E-state index in [-0.39, 0.29) is 18.2 Å². The molecule has 4 heteroatoms. The number of para-hydroxylation sites is 1. The Balaban J connectivity index is 2.31. The summed E-state index contributed by atoms with van der Waals surface area (Å²) >= 11 is 0. The molecule has 0 aliphatic heterocycles. The molecule has 0 aliphatic carbocycles. The predicted octanol–water partition coefficient (Wildman–Crippen LogP) is 0.784. The average molecular weight is 220 g/mol. The Bertz CT molecular complexity index is 364. The van der Waals surface area contributed by atoms with Crippen LogP contribution in [-0.4, -0.2) is 24.1 Å². The standard InChI is InChI=1S/C12H16N2O2/c1-2-7-13-9-12(16)14-8-10-5-3-4-6-11(10)15/h2-6,13,15H,1,7-9H2,(H,14,16). The summed E-state index contributed by atoms with van der Waals surface area (Å²) in [5.41, 5.74) is 0.708. The van der Waals surface area contributed by atoms with Crippen LogP contribution in [0.15, 0.2) is 36.9 Å². The number of hydrogen-bond donors (Lipinski definition) is 3. The minimum atomic E-state index is -0.106. The second kappa shape index (κ2) is 6.63. The molecule has 3 N–H and O–H groups in total. The predicted molar refractivity (Wildman–Crippen MR) is 63.0 cm³/mol. The smallest absolute Gasteiger partial charge is 0.234 e. The minimum absolute atomic E-state index is 0.106. The van der Waals surface area contributed by atoms with Crippen molar-refractivity contribution in [2.75, 3.05) is 13.1 Å². The molecule has 1 aromatic rings. The number of phenolic OH excluding ortho intramolecular Hbond substituents is 1. The Hall–Kier alpha value is -1.81. The summed E-state index contributed by atoms with van der Waals surface area (Å²) in [5.74, 6) is 0.0898. The third-order valence-corrected chi connectivity index (χ3v) is 2.04. The molecule has 0 fully saturated rings. The van der Waals surface area contributed by atoms with E-state index in [0.29, 0.717) is 18.7 Å². The third-order valence-electron chi connectivity index (χ3n) is 2.04. The Kier molecular flexibility index (Phi) is 5.08. The lowest BCUT2D eigenvalue weighted by molar-refractivity contribution is -0.120. The average Bonchev–Trinajstić information content (AvgIpc) is 2.28. The highest BCUT2D eigenvalue weighted by molar-refractivity contribution is 5.78. The number of benzene rings is 1. The van der Waals surface area contributed by atoms with Crippen LogP contribution in [0.2, 0.25) is 0 Å². The van der Waals surface area contributed by atoms with Crippen LogP contribution in [0.25, 0.3) is 0 Å². The SMILES string of the molecule is C=CCNCC(=O)NCc1ccccc1O. The molecule has 0 bridgehead atoms. The molecule has 86 valence electrons. The molecule has 1 aromatic carbocycles. The lowest BCUT2D eigenvalue weighted by Gasteiger charge is -2.06. The molecule has 0 saturated carbocycles. The van der Waals surface area contributed by atoms with Gasteiger partial charge < -0.3 is 15.7 Å². The first-order chi connectivity index (χ1) is 7.74. The van der Waals surface area contributed by atoms with Crippen molar-refractivity contribution in [1.29, 1.82) is 0 Å². The van der Waals surface area contributed by atoms with Crippen LogP contribution >= 0.6 is 0 Å². The van der Waals surface area contributed by atoms with E-state index in [0.717, 1.165) is 0 Å². The number of carbonyl (C=O) groups excluding carboxylic acids is 1. The Morgan fingerprint density at radius 2 is 2.19 bits per heavy atom. The van der Waals surface area contributed by atoms with Gasteiger partial charge in [-0.1, -0.05) is 24.3 Å². The third kappa shape index (κ3) is 4.14. The highest BCUT2D eigenvalue weighted by Gasteiger charge is 2.02. The van der Waals surface area contributed by atoms with Gasteiger partial charge in [0.05, 0.1) is 6.54 Å². The van der Waals surface area contributed by atoms with Crippen LogP contribution in [0.3, 0.4) is 0 Å². The lowest BCUT2D eigenvalue weighted by Crippen LogP contribution is -2.33. The number of nitrogens with one attached hydrogen (secondary N) is 2. The van der Waals surface area contributed by atoms with E-state index in [1.165, 1.54) is 0 Å². The monoisotopic (exact) mass is 220 g/mol. The summed E-state index contributed by atoms with van der Waals surface area (Å²) in [7, 11) is 0. The maximum Gasteiger partial charge on any atom is 0.234 e. The molecule has 0 aromatic heterocycles. The van der Waals surface area contributed by atoms with E-state index in [9.17, 15) is 9.90 Å². The van der Waals surface area contributed by atoms with Crippen molar-refractivity contribution in [3.63, 3.8) is 0 Å². The van der Waals surface area contributed by atoms with Crippen molar-refractivity contribution in [3.05, 3.63) is 42.5 Å². The maximum absolute atomic E-state index is 11.3. The normalized spacial score (nSPS) is 9.75. The van der Waals surface area contributed by atoms with Crippen molar-refractivity contribution in [1.82, 2.24) is 10.6 Å². The fourth-order valence-electron chi connectivity index (χ4n) is 1.20. The fourth-order valence-corrected chi connectivity index (χ4v) is 1.20. The summed E-state index contributed by atoms with van der Waals surface area (Å²) in [6.45, 7) is 4.72. The fraction of sp³-hybridized carbons (Fsp3) is 0.250. The largest absolute Gasteiger partial charge is 0.508 e. The minimum Gasteiger partial charge on any atom is -0.508 e. The van der Waals surface area contributed by atoms with E-state index in [1.54, 1.807) is 24.3 Å². The quantitative estimate of drug-likeness (QED) is 0.490. The number of phenols is 1. The van der Waals surface area contributed by atoms with Gasteiger partial charge in [-0.05, 0) is 6.07 Å². The van der Waals surface area contributed by atoms with Gasteiger partial charge in [0.2, 0.25) is 5.91 Å². The van der Waals surface area contributed by atoms with Gasteiger partial charge in [-0.15, -0.1) is 6.58 Å². The van der Waals surface area contributed by atoms with Gasteiger partial charge in [-0.3, -0.25) is 4.79 Å². The van der Waals surface area contributed by atoms with E-state index in [4.69, 9.17) is 0 Å². The van der Waals surface area contributed by atoms with Crippen molar-refractivity contribution in [3.8, 4) is 5.75 Å². The Morgan fingerprint density at radius 1 is 1.44 bits per heavy atom. The van der Waals surface area contributed by atoms with Gasteiger partial charge in [0.15, 0.2) is 0 Å². The van der Waals surface area contributed by atoms with Crippen LogP contribution in [0.5, 0.6) is 5.75 Å². The highest BCUT2D eigenvalue weighted by Crippen LogP contribution is 2.14. The summed E-state index contributed by atoms with van der Waals surface area (Å²) in [6.07, 6.45) is 1.69. The molecular formula is C12H16N2O2. The summed E-state index contributed by atoms with van der Waals surface area (Å²) in [5, 5.41) is 15.1. The van der Waals surface area contributed by atoms with Gasteiger partial charge in [-0.2, -0.15) is 0 Å². The van der Waals surface area contributed by atoms with Crippen LogP contribution in [0.1, 0.15) is 5.56 Å². The van der Waals surface area contributed by atoms with Crippen molar-refractivity contribution in [2.24, 2.45) is 0 Å². The zero-order valence-electron chi connectivity index (χ0n) is 9.07. The van der Waals surface area contributed by atoms with Gasteiger partial charge in [0.25, 0.3) is 0 Å². The molecule has 16 heavy (non-hydrogen) atoms. The number of rotatable bonds is 6. The molecule has 0 aliphatic rings. The second-order valence-corrected chi connectivity index (χ2v) is 3.33. The molecule has 1 rings (SSSR count). The number of amides is 1. The number of aromatic hydroxyl groups is 1. The first kappa shape index (κ1) is 12.3. The summed E-state index contributed by atoms with van der Waals surface area (Å²) < 4.78 is 0. The topological polar surface area (TPSA) is 61.4 Å². The molecular weight excluding hydrogens is 204 g/mol. The molecule has 0 radical (unpaired) electrons. The highest BCUT2D eigenvalue weighted by atomic mass is 16.3. The van der Waals surface area contributed by atoms with Crippen LogP contribution in [0, 0.1) is 0 Å². The van der Waals surface area contributed by atoms with Gasteiger partial charge >= 0.3 is 0 Å². The van der Waals surface area contributed by atoms with Crippen LogP contribution in [0.4, 0.5) is 0 Å². The van der Waals surface area contributed by atoms with Gasteiger partial charge in [0.1, 0.15) is 5.75 Å². The first-order valence-corrected chi connectivity index (χ1v) is 5.09. The van der Waals surface area contributed by atoms with Crippen molar-refractivity contribution in [2.45, 2.75) is 6.54 Å². The molecule has 0 saturated heterocycles. The summed E-state index contributed by atoms with van der Waals surface area (Å²) in [4.78, 5) is 11.3. The first-order valence-electron chi connectivity index (χ1n) is 5.09. The zero-order valence-corrected chi connectivity index (χ0v) is 9.07. The van der Waals surface area contributed by atoms with E-state index in [1.807, 2.05) is 6.07 Å². The molecule has 0 spiro atoms. The second-order valence-electron chi connectivity index (χ2n) is 3.33. The molecule has 0 heterocycles. The molecule has 0 atom stereocenters. The number of carbonyl (C=O) groups is 1. The summed E-state index contributed by atoms with van der Waals surface area (Å²) in [6, 6.07) is 6.92. The van der Waals surface area contributed by atoms with Crippen LogP contribution in [-0.2, 0) is 11.3 Å². The zero-order chi connectivity index (χ0) is 11.8. The van der Waals surface area contributed by atoms with Crippen molar-refractivity contribution >= 4 is 5.91 Å². The Labute approximate surface area is 95.0 Å². The lowest BCUT2D eigenvalue weighted by atomic mass is 10.2. The van der Waals surface area contributed by atoms with Crippen LogP contribution < -0.4 is 10.6 Å². The van der Waals surface area contributed by atoms with E-state index >= 15 is 0 Å². The van der Waals surface area contributed by atoms with Crippen molar-refractivity contribution < 1.29 is 9.90 Å². The molecule has 0 unspecified atom stereocenters. The number of hydrogen-bond acceptors (Lipinski definition) is 3. The van der Waals surface area contributed by atoms with Gasteiger partial charge in [-0.25, -0.2) is 0 Å². The van der Waals surface area contributed by atoms with E-state index < -0.39 is 0 Å². The molecule has 4 nitrogen and oxygen atoms in total. The van der Waals surface area contributed by atoms with E-state index in [2.05, 4.69) is 17.2 Å². The Morgan fingerprint density at radius 3 is 2.88 bits per heavy atom. The van der Waals surface area contributed by atoms with Gasteiger partial charge in [0, 0.05) is 18.7 Å².